The highest BCUT2D eigenvalue weighted by Gasteiger charge is 2.57. The average Bonchev–Trinajstić information content (AvgIpc) is 2.62. The second-order valence-corrected chi connectivity index (χ2v) is 4.23. The van der Waals surface area contributed by atoms with Gasteiger partial charge < -0.3 is 10.0 Å². The van der Waals surface area contributed by atoms with E-state index in [0.717, 1.165) is 0 Å². The summed E-state index contributed by atoms with van der Waals surface area (Å²) in [5, 5.41) is 9.52. The summed E-state index contributed by atoms with van der Waals surface area (Å²) in [6.07, 6.45) is -2.37. The zero-order chi connectivity index (χ0) is 12.7. The highest BCUT2D eigenvalue weighted by molar-refractivity contribution is 6.31. The van der Waals surface area contributed by atoms with Crippen molar-refractivity contribution < 1.29 is 18.3 Å². The van der Waals surface area contributed by atoms with Gasteiger partial charge in [-0.25, -0.2) is 9.97 Å². The monoisotopic (exact) mass is 267 g/mol. The third-order valence-electron chi connectivity index (χ3n) is 2.71. The summed E-state index contributed by atoms with van der Waals surface area (Å²) in [4.78, 5) is 8.87. The van der Waals surface area contributed by atoms with Crippen molar-refractivity contribution >= 4 is 17.4 Å². The Balaban J connectivity index is 2.22. The van der Waals surface area contributed by atoms with Crippen molar-refractivity contribution in [3.8, 4) is 0 Å². The summed E-state index contributed by atoms with van der Waals surface area (Å²) in [5.41, 5.74) is -2.70. The molecule has 2 heterocycles. The summed E-state index contributed by atoms with van der Waals surface area (Å²) < 4.78 is 37.8. The Kier molecular flexibility index (Phi) is 2.90. The van der Waals surface area contributed by atoms with Crippen LogP contribution in [0.2, 0.25) is 5.15 Å². The molecule has 1 aliphatic rings. The Morgan fingerprint density at radius 2 is 2.00 bits per heavy atom. The van der Waals surface area contributed by atoms with E-state index < -0.39 is 24.7 Å². The predicted octanol–water partition coefficient (Wildman–Crippen LogP) is 1.63. The summed E-state index contributed by atoms with van der Waals surface area (Å²) in [5.74, 6) is 0.161. The number of hydrogen-bond acceptors (Lipinski definition) is 4. The van der Waals surface area contributed by atoms with E-state index in [1.807, 2.05) is 0 Å². The average molecular weight is 268 g/mol. The normalized spacial score (nSPS) is 25.4. The molecule has 94 valence electrons. The minimum absolute atomic E-state index is 0.0268. The van der Waals surface area contributed by atoms with Gasteiger partial charge in [-0.1, -0.05) is 11.6 Å². The van der Waals surface area contributed by atoms with Crippen molar-refractivity contribution in [2.75, 3.05) is 18.0 Å². The van der Waals surface area contributed by atoms with Gasteiger partial charge in [-0.2, -0.15) is 13.2 Å². The van der Waals surface area contributed by atoms with Crippen LogP contribution in [0.4, 0.5) is 19.0 Å². The zero-order valence-corrected chi connectivity index (χ0v) is 9.33. The van der Waals surface area contributed by atoms with Gasteiger partial charge >= 0.3 is 6.18 Å². The maximum absolute atomic E-state index is 12.6. The molecule has 4 nitrogen and oxygen atoms in total. The largest absolute Gasteiger partial charge is 0.418 e. The van der Waals surface area contributed by atoms with Crippen LogP contribution in [0.25, 0.3) is 0 Å². The first-order valence-electron chi connectivity index (χ1n) is 4.84. The van der Waals surface area contributed by atoms with E-state index in [9.17, 15) is 18.3 Å². The molecule has 1 fully saturated rings. The summed E-state index contributed by atoms with van der Waals surface area (Å²) in [7, 11) is 0. The lowest BCUT2D eigenvalue weighted by atomic mass is 10.0. The standard InChI is InChI=1S/C9H9ClF3N3O/c10-6-7(15-3-2-14-6)16-4-1-8(17,5-16)9(11,12)13/h2-3,17H,1,4-5H2. The fourth-order valence-electron chi connectivity index (χ4n) is 1.73. The number of halogens is 4. The summed E-state index contributed by atoms with van der Waals surface area (Å²) >= 11 is 5.73. The Bertz CT molecular complexity index is 428. The SMILES string of the molecule is OC1(C(F)(F)F)CCN(c2nccnc2Cl)C1. The summed E-state index contributed by atoms with van der Waals surface area (Å²) in [6.45, 7) is -0.538. The van der Waals surface area contributed by atoms with Crippen molar-refractivity contribution in [3.63, 3.8) is 0 Å². The number of anilines is 1. The van der Waals surface area contributed by atoms with Crippen molar-refractivity contribution in [1.82, 2.24) is 9.97 Å². The van der Waals surface area contributed by atoms with Crippen LogP contribution in [0.3, 0.4) is 0 Å². The van der Waals surface area contributed by atoms with Gasteiger partial charge in [0.05, 0.1) is 6.54 Å². The van der Waals surface area contributed by atoms with Crippen LogP contribution >= 0.6 is 11.6 Å². The molecule has 1 atom stereocenters. The first-order valence-corrected chi connectivity index (χ1v) is 5.22. The maximum Gasteiger partial charge on any atom is 0.418 e. The Labute approximate surface area is 100 Å². The minimum Gasteiger partial charge on any atom is -0.379 e. The van der Waals surface area contributed by atoms with E-state index in [1.165, 1.54) is 17.3 Å². The van der Waals surface area contributed by atoms with Crippen LogP contribution in [0.1, 0.15) is 6.42 Å². The lowest BCUT2D eigenvalue weighted by Crippen LogP contribution is -2.47. The van der Waals surface area contributed by atoms with Gasteiger partial charge in [-0.05, 0) is 0 Å². The van der Waals surface area contributed by atoms with Crippen molar-refractivity contribution in [2.45, 2.75) is 18.2 Å². The molecule has 1 saturated heterocycles. The van der Waals surface area contributed by atoms with Gasteiger partial charge in [0.15, 0.2) is 16.6 Å². The third-order valence-corrected chi connectivity index (χ3v) is 2.98. The van der Waals surface area contributed by atoms with E-state index in [0.29, 0.717) is 0 Å². The van der Waals surface area contributed by atoms with Crippen LogP contribution in [0, 0.1) is 0 Å². The smallest absolute Gasteiger partial charge is 0.379 e. The Hall–Kier alpha value is -1.08. The van der Waals surface area contributed by atoms with Gasteiger partial charge in [-0.3, -0.25) is 0 Å². The molecule has 2 rings (SSSR count). The molecule has 0 bridgehead atoms. The van der Waals surface area contributed by atoms with Crippen LogP contribution < -0.4 is 4.90 Å². The van der Waals surface area contributed by atoms with Crippen LogP contribution in [-0.2, 0) is 0 Å². The van der Waals surface area contributed by atoms with Crippen molar-refractivity contribution in [1.29, 1.82) is 0 Å². The quantitative estimate of drug-likeness (QED) is 0.840. The number of β-amino-alcohol motifs (C(OH)–C–C–N with tert-alkyl or cyclic N) is 1. The number of aromatic nitrogens is 2. The molecule has 0 aromatic carbocycles. The van der Waals surface area contributed by atoms with Crippen LogP contribution in [0.15, 0.2) is 12.4 Å². The van der Waals surface area contributed by atoms with Crippen molar-refractivity contribution in [2.24, 2.45) is 0 Å². The van der Waals surface area contributed by atoms with Crippen LogP contribution in [0.5, 0.6) is 0 Å². The second-order valence-electron chi connectivity index (χ2n) is 3.87. The second kappa shape index (κ2) is 3.99. The molecule has 17 heavy (non-hydrogen) atoms. The van der Waals surface area contributed by atoms with Crippen molar-refractivity contribution in [3.05, 3.63) is 17.5 Å². The first-order chi connectivity index (χ1) is 7.83. The molecular weight excluding hydrogens is 259 g/mol. The third kappa shape index (κ3) is 2.16. The van der Waals surface area contributed by atoms with Gasteiger partial charge in [0, 0.05) is 25.4 Å². The number of hydrogen-bond donors (Lipinski definition) is 1. The molecule has 8 heteroatoms. The molecule has 0 radical (unpaired) electrons. The summed E-state index contributed by atoms with van der Waals surface area (Å²) in [6, 6.07) is 0. The Morgan fingerprint density at radius 3 is 2.53 bits per heavy atom. The van der Waals surface area contributed by atoms with Gasteiger partial charge in [-0.15, -0.1) is 0 Å². The molecule has 1 aromatic heterocycles. The molecule has 0 amide bonds. The molecule has 1 N–H and O–H groups in total. The molecule has 0 saturated carbocycles. The van der Waals surface area contributed by atoms with Gasteiger partial charge in [0.25, 0.3) is 0 Å². The molecule has 1 unspecified atom stereocenters. The molecule has 0 aliphatic carbocycles. The molecule has 0 spiro atoms. The van der Waals surface area contributed by atoms with Gasteiger partial charge in [0.1, 0.15) is 0 Å². The highest BCUT2D eigenvalue weighted by Crippen LogP contribution is 2.39. The number of alkyl halides is 3. The molecule has 1 aliphatic heterocycles. The lowest BCUT2D eigenvalue weighted by Gasteiger charge is -2.26. The first kappa shape index (κ1) is 12.4. The predicted molar refractivity (Wildman–Crippen MR) is 54.9 cm³/mol. The Morgan fingerprint density at radius 1 is 1.35 bits per heavy atom. The molecular formula is C9H9ClF3N3O. The highest BCUT2D eigenvalue weighted by atomic mass is 35.5. The van der Waals surface area contributed by atoms with E-state index in [-0.39, 0.29) is 17.5 Å². The van der Waals surface area contributed by atoms with E-state index in [2.05, 4.69) is 9.97 Å². The lowest BCUT2D eigenvalue weighted by molar-refractivity contribution is -0.250. The van der Waals surface area contributed by atoms with Gasteiger partial charge in [0.2, 0.25) is 0 Å². The van der Waals surface area contributed by atoms with E-state index in [4.69, 9.17) is 11.6 Å². The van der Waals surface area contributed by atoms with Crippen LogP contribution in [-0.4, -0.2) is 39.9 Å². The fraction of sp³-hybridized carbons (Fsp3) is 0.556. The number of aliphatic hydroxyl groups is 1. The maximum atomic E-state index is 12.6. The number of nitrogens with zero attached hydrogens (tertiary/aromatic N) is 3. The van der Waals surface area contributed by atoms with E-state index in [1.54, 1.807) is 0 Å². The number of rotatable bonds is 1. The molecule has 1 aromatic rings. The topological polar surface area (TPSA) is 49.2 Å². The van der Waals surface area contributed by atoms with E-state index >= 15 is 0 Å². The zero-order valence-electron chi connectivity index (χ0n) is 8.58. The minimum atomic E-state index is -4.66. The fourth-order valence-corrected chi connectivity index (χ4v) is 1.96.